The maximum atomic E-state index is 12.8. The number of ether oxygens (including phenoxy) is 4. The van der Waals surface area contributed by atoms with Crippen LogP contribution in [0.15, 0.2) is 0 Å². The number of carbonyl (C=O) groups excluding carboxylic acids is 2. The molecule has 0 bridgehead atoms. The molecule has 0 aliphatic carbocycles. The molecule has 2 unspecified atom stereocenters. The lowest BCUT2D eigenvalue weighted by Crippen LogP contribution is -2.40. The second kappa shape index (κ2) is 50.7. The van der Waals surface area contributed by atoms with Gasteiger partial charge in [-0.1, -0.05) is 271 Å². The molecule has 9 nitrogen and oxygen atoms in total. The highest BCUT2D eigenvalue weighted by Gasteiger charge is 2.25. The number of rotatable bonds is 55. The standard InChI is InChI=1S/C58H113NO8/c1-6-8-10-12-14-16-17-18-19-20-21-22-23-24-25-26-27-28-29-30-31-32-33-34-35-36-37-38-39-40-41-43-45-47-49-56(61)67-54(53-66-58(57(62)63)64-51-50-59(3,4)5)52-65-55(60)48-46-44-42-15-13-11-9-7-2/h54,58H,6-53H2,1-5H3/p+1. The third-order valence-corrected chi connectivity index (χ3v) is 13.4. The molecule has 2 atom stereocenters. The molecule has 0 aromatic heterocycles. The van der Waals surface area contributed by atoms with Crippen molar-refractivity contribution in [3.8, 4) is 0 Å². The molecular formula is C58H114NO8+. The summed E-state index contributed by atoms with van der Waals surface area (Å²) >= 11 is 0. The maximum Gasteiger partial charge on any atom is 0.361 e. The van der Waals surface area contributed by atoms with Crippen LogP contribution in [0.5, 0.6) is 0 Å². The fourth-order valence-corrected chi connectivity index (χ4v) is 8.84. The lowest BCUT2D eigenvalue weighted by molar-refractivity contribution is -0.870. The van der Waals surface area contributed by atoms with Crippen LogP contribution in [0.2, 0.25) is 0 Å². The molecule has 0 aromatic carbocycles. The monoisotopic (exact) mass is 953 g/mol. The highest BCUT2D eigenvalue weighted by atomic mass is 16.7. The number of aliphatic carboxylic acids is 1. The summed E-state index contributed by atoms with van der Waals surface area (Å²) in [7, 11) is 5.97. The molecular weight excluding hydrogens is 839 g/mol. The molecule has 0 fully saturated rings. The van der Waals surface area contributed by atoms with Crippen molar-refractivity contribution in [2.75, 3.05) is 47.5 Å². The SMILES string of the molecule is CCCCCCCCCCCCCCCCCCCCCCCCCCCCCCCCCCCCC(=O)OC(COC(=O)CCCCCCCCCC)COC(OCC[N+](C)(C)C)C(=O)O. The Balaban J connectivity index is 3.88. The first-order chi connectivity index (χ1) is 32.6. The van der Waals surface area contributed by atoms with Gasteiger partial charge in [-0.2, -0.15) is 0 Å². The Morgan fingerprint density at radius 1 is 0.388 bits per heavy atom. The molecule has 0 aromatic rings. The van der Waals surface area contributed by atoms with E-state index in [0.717, 1.165) is 38.5 Å². The Morgan fingerprint density at radius 2 is 0.672 bits per heavy atom. The van der Waals surface area contributed by atoms with E-state index in [1.165, 1.54) is 231 Å². The molecule has 0 saturated heterocycles. The lowest BCUT2D eigenvalue weighted by atomic mass is 10.0. The number of hydrogen-bond acceptors (Lipinski definition) is 7. The average molecular weight is 954 g/mol. The Kier molecular flexibility index (Phi) is 49.4. The predicted octanol–water partition coefficient (Wildman–Crippen LogP) is 16.8. The summed E-state index contributed by atoms with van der Waals surface area (Å²) in [6.45, 7) is 4.89. The summed E-state index contributed by atoms with van der Waals surface area (Å²) < 4.78 is 22.8. The number of hydrogen-bond donors (Lipinski definition) is 1. The second-order valence-corrected chi connectivity index (χ2v) is 21.3. The summed E-state index contributed by atoms with van der Waals surface area (Å²) in [6, 6.07) is 0. The van der Waals surface area contributed by atoms with Crippen molar-refractivity contribution >= 4 is 17.9 Å². The van der Waals surface area contributed by atoms with Crippen LogP contribution in [0.3, 0.4) is 0 Å². The van der Waals surface area contributed by atoms with E-state index in [1.807, 2.05) is 21.1 Å². The zero-order valence-corrected chi connectivity index (χ0v) is 45.3. The normalized spacial score (nSPS) is 12.7. The molecule has 0 aliphatic heterocycles. The van der Waals surface area contributed by atoms with Crippen molar-refractivity contribution in [1.29, 1.82) is 0 Å². The van der Waals surface area contributed by atoms with Crippen molar-refractivity contribution in [1.82, 2.24) is 0 Å². The molecule has 0 saturated carbocycles. The Bertz CT molecular complexity index is 1060. The molecule has 9 heteroatoms. The van der Waals surface area contributed by atoms with Gasteiger partial charge in [0.25, 0.3) is 6.29 Å². The summed E-state index contributed by atoms with van der Waals surface area (Å²) in [4.78, 5) is 37.1. The number of unbranched alkanes of at least 4 members (excludes halogenated alkanes) is 40. The molecule has 0 amide bonds. The van der Waals surface area contributed by atoms with Gasteiger partial charge in [-0.25, -0.2) is 4.79 Å². The van der Waals surface area contributed by atoms with E-state index in [9.17, 15) is 19.5 Å². The smallest absolute Gasteiger partial charge is 0.361 e. The third-order valence-electron chi connectivity index (χ3n) is 13.4. The van der Waals surface area contributed by atoms with Crippen molar-refractivity contribution in [2.24, 2.45) is 0 Å². The van der Waals surface area contributed by atoms with Gasteiger partial charge in [0.15, 0.2) is 6.10 Å². The Hall–Kier alpha value is -1.71. The fourth-order valence-electron chi connectivity index (χ4n) is 8.84. The number of nitrogens with zero attached hydrogens (tertiary/aromatic N) is 1. The number of carboxylic acids is 1. The van der Waals surface area contributed by atoms with E-state index in [0.29, 0.717) is 17.4 Å². The Morgan fingerprint density at radius 3 is 0.955 bits per heavy atom. The van der Waals surface area contributed by atoms with Gasteiger partial charge in [-0.3, -0.25) is 9.59 Å². The number of esters is 2. The first-order valence-electron chi connectivity index (χ1n) is 29.2. The maximum absolute atomic E-state index is 12.8. The zero-order chi connectivity index (χ0) is 49.2. The molecule has 67 heavy (non-hydrogen) atoms. The molecule has 0 aliphatic rings. The summed E-state index contributed by atoms with van der Waals surface area (Å²) in [5, 5.41) is 9.65. The van der Waals surface area contributed by atoms with Crippen LogP contribution in [-0.4, -0.2) is 87.4 Å². The molecule has 398 valence electrons. The zero-order valence-electron chi connectivity index (χ0n) is 45.3. The van der Waals surface area contributed by atoms with Gasteiger partial charge in [0.2, 0.25) is 0 Å². The average Bonchev–Trinajstić information content (AvgIpc) is 3.29. The molecule has 0 spiro atoms. The van der Waals surface area contributed by atoms with Gasteiger partial charge in [0, 0.05) is 12.8 Å². The minimum Gasteiger partial charge on any atom is -0.477 e. The third kappa shape index (κ3) is 52.0. The predicted molar refractivity (Wildman–Crippen MR) is 282 cm³/mol. The van der Waals surface area contributed by atoms with E-state index < -0.39 is 18.4 Å². The number of likely N-dealkylation sites (N-methyl/N-ethyl adjacent to an activating group) is 1. The lowest BCUT2D eigenvalue weighted by Gasteiger charge is -2.25. The largest absolute Gasteiger partial charge is 0.477 e. The van der Waals surface area contributed by atoms with Crippen LogP contribution < -0.4 is 0 Å². The molecule has 0 rings (SSSR count). The van der Waals surface area contributed by atoms with Gasteiger partial charge in [-0.05, 0) is 12.8 Å². The molecule has 1 N–H and O–H groups in total. The van der Waals surface area contributed by atoms with Gasteiger partial charge in [0.1, 0.15) is 13.2 Å². The van der Waals surface area contributed by atoms with E-state index in [4.69, 9.17) is 18.9 Å². The van der Waals surface area contributed by atoms with E-state index in [-0.39, 0.29) is 38.2 Å². The van der Waals surface area contributed by atoms with Gasteiger partial charge >= 0.3 is 17.9 Å². The van der Waals surface area contributed by atoms with E-state index in [2.05, 4.69) is 13.8 Å². The topological polar surface area (TPSA) is 108 Å². The quantitative estimate of drug-likeness (QED) is 0.0278. The minimum absolute atomic E-state index is 0.174. The number of carboxylic acid groups (broad SMARTS) is 1. The van der Waals surface area contributed by atoms with Crippen LogP contribution in [-0.2, 0) is 33.3 Å². The summed E-state index contributed by atoms with van der Waals surface area (Å²) in [6.07, 6.45) is 53.8. The highest BCUT2D eigenvalue weighted by molar-refractivity contribution is 5.71. The van der Waals surface area contributed by atoms with Crippen LogP contribution in [0, 0.1) is 0 Å². The second-order valence-electron chi connectivity index (χ2n) is 21.3. The van der Waals surface area contributed by atoms with Crippen LogP contribution in [0.25, 0.3) is 0 Å². The fraction of sp³-hybridized carbons (Fsp3) is 0.948. The van der Waals surface area contributed by atoms with Crippen molar-refractivity contribution in [2.45, 2.75) is 309 Å². The van der Waals surface area contributed by atoms with Crippen LogP contribution in [0.1, 0.15) is 296 Å². The molecule has 0 radical (unpaired) electrons. The van der Waals surface area contributed by atoms with Gasteiger partial charge in [0.05, 0.1) is 34.4 Å². The van der Waals surface area contributed by atoms with Crippen LogP contribution >= 0.6 is 0 Å². The highest BCUT2D eigenvalue weighted by Crippen LogP contribution is 2.18. The van der Waals surface area contributed by atoms with E-state index >= 15 is 0 Å². The van der Waals surface area contributed by atoms with Gasteiger partial charge < -0.3 is 28.5 Å². The summed E-state index contributed by atoms with van der Waals surface area (Å²) in [5.74, 6) is -1.99. The number of quaternary nitrogens is 1. The number of carbonyl (C=O) groups is 3. The van der Waals surface area contributed by atoms with Crippen LogP contribution in [0.4, 0.5) is 0 Å². The van der Waals surface area contributed by atoms with E-state index in [1.54, 1.807) is 0 Å². The van der Waals surface area contributed by atoms with Gasteiger partial charge in [-0.15, -0.1) is 0 Å². The van der Waals surface area contributed by atoms with Crippen molar-refractivity contribution in [3.05, 3.63) is 0 Å². The Labute approximate surface area is 415 Å². The van der Waals surface area contributed by atoms with Crippen molar-refractivity contribution in [3.63, 3.8) is 0 Å². The van der Waals surface area contributed by atoms with Crippen molar-refractivity contribution < 1.29 is 42.9 Å². The first kappa shape index (κ1) is 65.3. The minimum atomic E-state index is -1.50. The first-order valence-corrected chi connectivity index (χ1v) is 29.2. The summed E-state index contributed by atoms with van der Waals surface area (Å²) in [5.41, 5.74) is 0. The molecule has 0 heterocycles.